The second-order valence-corrected chi connectivity index (χ2v) is 4.70. The summed E-state index contributed by atoms with van der Waals surface area (Å²) >= 11 is 6.73. The second-order valence-electron chi connectivity index (χ2n) is 3.13. The molecule has 0 aromatic carbocycles. The van der Waals surface area contributed by atoms with Crippen LogP contribution in [0.4, 0.5) is 0 Å². The molecule has 0 bridgehead atoms. The first kappa shape index (κ1) is 11.5. The Hall–Kier alpha value is -1.000. The normalized spacial score (nSPS) is 10.9. The molecule has 0 aliphatic heterocycles. The third kappa shape index (κ3) is 3.00. The van der Waals surface area contributed by atoms with Crippen LogP contribution in [-0.2, 0) is 0 Å². The monoisotopic (exact) mass is 338 g/mol. The number of hydrogen-bond donors (Lipinski definition) is 0. The first-order valence-corrected chi connectivity index (χ1v) is 6.24. The van der Waals surface area contributed by atoms with Crippen LogP contribution in [0.3, 0.4) is 0 Å². The summed E-state index contributed by atoms with van der Waals surface area (Å²) < 4.78 is 1.64. The first-order valence-electron chi connectivity index (χ1n) is 4.66. The maximum absolute atomic E-state index is 4.25. The van der Waals surface area contributed by atoms with Crippen molar-refractivity contribution in [3.8, 4) is 0 Å². The Kier molecular flexibility index (Phi) is 3.85. The van der Waals surface area contributed by atoms with Gasteiger partial charge in [-0.3, -0.25) is 4.98 Å². The van der Waals surface area contributed by atoms with Crippen molar-refractivity contribution in [2.75, 3.05) is 0 Å². The number of halogens is 2. The van der Waals surface area contributed by atoms with Crippen molar-refractivity contribution >= 4 is 44.0 Å². The molecule has 0 spiro atoms. The Morgan fingerprint density at radius 2 is 1.94 bits per heavy atom. The van der Waals surface area contributed by atoms with Crippen molar-refractivity contribution in [3.05, 3.63) is 57.0 Å². The van der Waals surface area contributed by atoms with Gasteiger partial charge in [0, 0.05) is 18.0 Å². The van der Waals surface area contributed by atoms with Gasteiger partial charge in [0.25, 0.3) is 0 Å². The average molecular weight is 340 g/mol. The molecule has 0 saturated carbocycles. The van der Waals surface area contributed by atoms with Gasteiger partial charge in [-0.1, -0.05) is 18.2 Å². The molecule has 2 aromatic rings. The largest absolute Gasteiger partial charge is 0.264 e. The second kappa shape index (κ2) is 5.37. The highest BCUT2D eigenvalue weighted by Crippen LogP contribution is 2.19. The Bertz CT molecular complexity index is 510. The molecule has 2 rings (SSSR count). The highest BCUT2D eigenvalue weighted by atomic mass is 79.9. The molecular formula is C12H8Br2N2. The van der Waals surface area contributed by atoms with Gasteiger partial charge >= 0.3 is 0 Å². The Balaban J connectivity index is 2.24. The van der Waals surface area contributed by atoms with E-state index < -0.39 is 0 Å². The lowest BCUT2D eigenvalue weighted by Gasteiger charge is -1.98. The lowest BCUT2D eigenvalue weighted by molar-refractivity contribution is 1.22. The van der Waals surface area contributed by atoms with Crippen molar-refractivity contribution in [2.45, 2.75) is 0 Å². The molecule has 0 saturated heterocycles. The number of pyridine rings is 2. The number of nitrogens with zero attached hydrogens (tertiary/aromatic N) is 2. The topological polar surface area (TPSA) is 25.8 Å². The van der Waals surface area contributed by atoms with Crippen molar-refractivity contribution < 1.29 is 0 Å². The number of rotatable bonds is 2. The summed E-state index contributed by atoms with van der Waals surface area (Å²) in [7, 11) is 0. The van der Waals surface area contributed by atoms with Gasteiger partial charge in [-0.15, -0.1) is 0 Å². The van der Waals surface area contributed by atoms with Gasteiger partial charge in [0.15, 0.2) is 0 Å². The summed E-state index contributed by atoms with van der Waals surface area (Å²) in [4.78, 5) is 8.30. The van der Waals surface area contributed by atoms with Crippen LogP contribution in [0.15, 0.2) is 45.9 Å². The van der Waals surface area contributed by atoms with Crippen LogP contribution < -0.4 is 0 Å². The van der Waals surface area contributed by atoms with Crippen LogP contribution in [0, 0.1) is 0 Å². The molecule has 2 heterocycles. The van der Waals surface area contributed by atoms with E-state index in [0.29, 0.717) is 0 Å². The molecule has 0 amide bonds. The highest BCUT2D eigenvalue weighted by molar-refractivity contribution is 9.11. The minimum Gasteiger partial charge on any atom is -0.264 e. The van der Waals surface area contributed by atoms with Gasteiger partial charge in [0.05, 0.1) is 0 Å². The zero-order valence-electron chi connectivity index (χ0n) is 8.27. The van der Waals surface area contributed by atoms with Crippen molar-refractivity contribution in [2.24, 2.45) is 0 Å². The van der Waals surface area contributed by atoms with Crippen LogP contribution in [0.25, 0.3) is 12.2 Å². The number of hydrogen-bond acceptors (Lipinski definition) is 2. The lowest BCUT2D eigenvalue weighted by atomic mass is 10.2. The fourth-order valence-corrected chi connectivity index (χ4v) is 2.21. The lowest BCUT2D eigenvalue weighted by Crippen LogP contribution is -1.82. The zero-order valence-corrected chi connectivity index (χ0v) is 11.4. The third-order valence-electron chi connectivity index (χ3n) is 1.98. The van der Waals surface area contributed by atoms with Crippen molar-refractivity contribution in [1.82, 2.24) is 9.97 Å². The molecule has 0 atom stereocenters. The van der Waals surface area contributed by atoms with Gasteiger partial charge in [-0.25, -0.2) is 4.98 Å². The van der Waals surface area contributed by atoms with Crippen LogP contribution in [-0.4, -0.2) is 9.97 Å². The van der Waals surface area contributed by atoms with E-state index in [4.69, 9.17) is 0 Å². The van der Waals surface area contributed by atoms with Gasteiger partial charge in [0.2, 0.25) is 0 Å². The maximum atomic E-state index is 4.25. The third-order valence-corrected chi connectivity index (χ3v) is 3.06. The molecule has 0 aliphatic rings. The molecule has 4 heteroatoms. The molecule has 2 aromatic heterocycles. The van der Waals surface area contributed by atoms with E-state index in [0.717, 1.165) is 20.3 Å². The fourth-order valence-electron chi connectivity index (χ4n) is 1.21. The molecule has 0 N–H and O–H groups in total. The average Bonchev–Trinajstić information content (AvgIpc) is 2.29. The predicted octanol–water partition coefficient (Wildman–Crippen LogP) is 4.17. The minimum atomic E-state index is 0.818. The van der Waals surface area contributed by atoms with E-state index in [-0.39, 0.29) is 0 Å². The SMILES string of the molecule is Brc1ccc(/C=C/c2cccnc2)c(Br)n1. The van der Waals surface area contributed by atoms with E-state index in [1.54, 1.807) is 6.20 Å². The highest BCUT2D eigenvalue weighted by Gasteiger charge is 1.97. The van der Waals surface area contributed by atoms with Gasteiger partial charge in [-0.05, 0) is 55.6 Å². The van der Waals surface area contributed by atoms with Crippen LogP contribution in [0.2, 0.25) is 0 Å². The molecular weight excluding hydrogens is 332 g/mol. The number of aromatic nitrogens is 2. The molecule has 0 aliphatic carbocycles. The van der Waals surface area contributed by atoms with Gasteiger partial charge in [-0.2, -0.15) is 0 Å². The van der Waals surface area contributed by atoms with Crippen LogP contribution >= 0.6 is 31.9 Å². The quantitative estimate of drug-likeness (QED) is 0.767. The van der Waals surface area contributed by atoms with Crippen molar-refractivity contribution in [3.63, 3.8) is 0 Å². The van der Waals surface area contributed by atoms with Gasteiger partial charge in [0.1, 0.15) is 9.21 Å². The van der Waals surface area contributed by atoms with Crippen LogP contribution in [0.1, 0.15) is 11.1 Å². The first-order chi connectivity index (χ1) is 7.75. The van der Waals surface area contributed by atoms with E-state index >= 15 is 0 Å². The summed E-state index contributed by atoms with van der Waals surface area (Å²) in [5, 5.41) is 0. The molecule has 80 valence electrons. The Morgan fingerprint density at radius 3 is 2.62 bits per heavy atom. The summed E-state index contributed by atoms with van der Waals surface area (Å²) in [6.07, 6.45) is 7.58. The van der Waals surface area contributed by atoms with E-state index in [1.807, 2.05) is 42.6 Å². The predicted molar refractivity (Wildman–Crippen MR) is 72.8 cm³/mol. The molecule has 16 heavy (non-hydrogen) atoms. The summed E-state index contributed by atoms with van der Waals surface area (Å²) in [5.41, 5.74) is 2.10. The fraction of sp³-hybridized carbons (Fsp3) is 0. The maximum Gasteiger partial charge on any atom is 0.114 e. The van der Waals surface area contributed by atoms with E-state index in [2.05, 4.69) is 41.8 Å². The smallest absolute Gasteiger partial charge is 0.114 e. The molecule has 2 nitrogen and oxygen atoms in total. The minimum absolute atomic E-state index is 0.818. The summed E-state index contributed by atoms with van der Waals surface area (Å²) in [6, 6.07) is 7.82. The van der Waals surface area contributed by atoms with Crippen molar-refractivity contribution in [1.29, 1.82) is 0 Å². The summed E-state index contributed by atoms with van der Waals surface area (Å²) in [6.45, 7) is 0. The Morgan fingerprint density at radius 1 is 1.06 bits per heavy atom. The van der Waals surface area contributed by atoms with E-state index in [1.165, 1.54) is 0 Å². The standard InChI is InChI=1S/C12H8Br2N2/c13-11-6-5-10(12(14)16-11)4-3-9-2-1-7-15-8-9/h1-8H/b4-3+. The van der Waals surface area contributed by atoms with E-state index in [9.17, 15) is 0 Å². The van der Waals surface area contributed by atoms with Crippen LogP contribution in [0.5, 0.6) is 0 Å². The summed E-state index contributed by atoms with van der Waals surface area (Å²) in [5.74, 6) is 0. The molecule has 0 radical (unpaired) electrons. The zero-order chi connectivity index (χ0) is 11.4. The Labute approximate surface area is 111 Å². The van der Waals surface area contributed by atoms with Gasteiger partial charge < -0.3 is 0 Å². The molecule has 0 unspecified atom stereocenters. The molecule has 0 fully saturated rings.